The lowest BCUT2D eigenvalue weighted by atomic mass is 10.2. The van der Waals surface area contributed by atoms with E-state index < -0.39 is 11.3 Å². The summed E-state index contributed by atoms with van der Waals surface area (Å²) >= 11 is 5.39. The van der Waals surface area contributed by atoms with Gasteiger partial charge in [-0.15, -0.1) is 28.6 Å². The van der Waals surface area contributed by atoms with Crippen molar-refractivity contribution in [2.45, 2.75) is 58.3 Å². The molecule has 4 nitrogen and oxygen atoms in total. The summed E-state index contributed by atoms with van der Waals surface area (Å²) in [5.41, 5.74) is 0. The first kappa shape index (κ1) is 22.9. The molecule has 0 rings (SSSR count). The first-order valence-corrected chi connectivity index (χ1v) is 6.39. The van der Waals surface area contributed by atoms with Gasteiger partial charge in [0.2, 0.25) is 0 Å². The molecule has 0 heterocycles. The van der Waals surface area contributed by atoms with E-state index in [4.69, 9.17) is 16.7 Å². The van der Waals surface area contributed by atoms with Crippen molar-refractivity contribution < 1.29 is 19.4 Å². The second-order valence-electron chi connectivity index (χ2n) is 3.64. The van der Waals surface area contributed by atoms with Crippen LogP contribution in [0.5, 0.6) is 0 Å². The van der Waals surface area contributed by atoms with Crippen molar-refractivity contribution in [3.05, 3.63) is 0 Å². The molecule has 0 radical (unpaired) electrons. The molecule has 0 aliphatic carbocycles. The lowest BCUT2D eigenvalue weighted by molar-refractivity contribution is -0.141. The zero-order valence-corrected chi connectivity index (χ0v) is 13.7. The number of rotatable bonds is 7. The quantitative estimate of drug-likeness (QED) is 0.432. The minimum atomic E-state index is -0.912. The van der Waals surface area contributed by atoms with Gasteiger partial charge >= 0.3 is 11.9 Å². The van der Waals surface area contributed by atoms with E-state index in [0.29, 0.717) is 13.0 Å². The molecule has 0 spiro atoms. The van der Waals surface area contributed by atoms with Crippen molar-refractivity contribution in [1.29, 1.82) is 0 Å². The van der Waals surface area contributed by atoms with Crippen molar-refractivity contribution in [2.75, 3.05) is 6.61 Å². The van der Waals surface area contributed by atoms with Crippen LogP contribution in [0.15, 0.2) is 0 Å². The van der Waals surface area contributed by atoms with Gasteiger partial charge in [0.15, 0.2) is 0 Å². The molecule has 18 heavy (non-hydrogen) atoms. The molecule has 0 saturated heterocycles. The standard InChI is InChI=1S/C6H11ClO2.C6H12O2.BrH/c1-2-3-4-5(7)6(8)9;1-3-4-5-8-6(2)7;/h5H,2-4H2,1H3,(H,8,9);3-5H2,1-2H3;1H. The Labute approximate surface area is 125 Å². The summed E-state index contributed by atoms with van der Waals surface area (Å²) in [4.78, 5) is 20.2. The van der Waals surface area contributed by atoms with Crippen LogP contribution in [0.3, 0.4) is 0 Å². The van der Waals surface area contributed by atoms with E-state index in [2.05, 4.69) is 11.7 Å². The van der Waals surface area contributed by atoms with Gasteiger partial charge in [0.05, 0.1) is 6.61 Å². The maximum Gasteiger partial charge on any atom is 0.321 e. The van der Waals surface area contributed by atoms with Gasteiger partial charge in [0.25, 0.3) is 0 Å². The maximum atomic E-state index is 10.1. The number of alkyl halides is 1. The Morgan fingerprint density at radius 1 is 1.22 bits per heavy atom. The fourth-order valence-corrected chi connectivity index (χ4v) is 1.02. The van der Waals surface area contributed by atoms with E-state index in [1.54, 1.807) is 0 Å². The number of carboxylic acid groups (broad SMARTS) is 1. The maximum absolute atomic E-state index is 10.1. The summed E-state index contributed by atoms with van der Waals surface area (Å²) in [6.45, 7) is 6.07. The van der Waals surface area contributed by atoms with E-state index in [9.17, 15) is 9.59 Å². The molecule has 1 N–H and O–H groups in total. The average molecular weight is 348 g/mol. The van der Waals surface area contributed by atoms with Crippen LogP contribution in [-0.4, -0.2) is 29.0 Å². The molecule has 0 aliphatic rings. The Morgan fingerprint density at radius 2 is 1.72 bits per heavy atom. The molecule has 0 fully saturated rings. The highest BCUT2D eigenvalue weighted by Gasteiger charge is 2.11. The first-order chi connectivity index (χ1) is 7.95. The molecule has 110 valence electrons. The number of aliphatic carboxylic acids is 1. The number of unbranched alkanes of at least 4 members (excludes halogenated alkanes) is 2. The Morgan fingerprint density at radius 3 is 2.06 bits per heavy atom. The van der Waals surface area contributed by atoms with Crippen molar-refractivity contribution in [1.82, 2.24) is 0 Å². The SMILES string of the molecule is Br.CCCCC(Cl)C(=O)O.CCCCOC(C)=O. The number of hydrogen-bond acceptors (Lipinski definition) is 3. The molecular formula is C12H24BrClO4. The smallest absolute Gasteiger partial charge is 0.321 e. The third-order valence-electron chi connectivity index (χ3n) is 1.88. The topological polar surface area (TPSA) is 63.6 Å². The molecule has 0 aromatic carbocycles. The molecule has 0 bridgehead atoms. The van der Waals surface area contributed by atoms with Crippen LogP contribution in [-0.2, 0) is 14.3 Å². The average Bonchev–Trinajstić information content (AvgIpc) is 2.26. The van der Waals surface area contributed by atoms with Crippen LogP contribution in [0.2, 0.25) is 0 Å². The highest BCUT2D eigenvalue weighted by molar-refractivity contribution is 8.93. The van der Waals surface area contributed by atoms with Gasteiger partial charge in [-0.1, -0.05) is 33.1 Å². The van der Waals surface area contributed by atoms with Crippen molar-refractivity contribution in [2.24, 2.45) is 0 Å². The lowest BCUT2D eigenvalue weighted by Gasteiger charge is -1.99. The lowest BCUT2D eigenvalue weighted by Crippen LogP contribution is -2.12. The van der Waals surface area contributed by atoms with Gasteiger partial charge in [-0.3, -0.25) is 9.59 Å². The molecule has 1 atom stereocenters. The van der Waals surface area contributed by atoms with E-state index >= 15 is 0 Å². The molecule has 0 amide bonds. The molecule has 6 heteroatoms. The number of halogens is 2. The van der Waals surface area contributed by atoms with Crippen LogP contribution < -0.4 is 0 Å². The molecular weight excluding hydrogens is 323 g/mol. The predicted octanol–water partition coefficient (Wildman–Crippen LogP) is 3.80. The largest absolute Gasteiger partial charge is 0.480 e. The minimum absolute atomic E-state index is 0. The van der Waals surface area contributed by atoms with Crippen LogP contribution in [0.4, 0.5) is 0 Å². The number of carboxylic acids is 1. The zero-order valence-electron chi connectivity index (χ0n) is 11.3. The molecule has 0 saturated carbocycles. The predicted molar refractivity (Wildman–Crippen MR) is 78.7 cm³/mol. The van der Waals surface area contributed by atoms with Crippen molar-refractivity contribution in [3.63, 3.8) is 0 Å². The van der Waals surface area contributed by atoms with Crippen LogP contribution in [0.1, 0.15) is 52.9 Å². The Hall–Kier alpha value is -0.290. The molecule has 1 unspecified atom stereocenters. The monoisotopic (exact) mass is 346 g/mol. The van der Waals surface area contributed by atoms with Gasteiger partial charge in [-0.25, -0.2) is 0 Å². The minimum Gasteiger partial charge on any atom is -0.480 e. The van der Waals surface area contributed by atoms with E-state index in [0.717, 1.165) is 25.7 Å². The molecule has 0 aromatic rings. The van der Waals surface area contributed by atoms with Crippen LogP contribution >= 0.6 is 28.6 Å². The number of hydrogen-bond donors (Lipinski definition) is 1. The van der Waals surface area contributed by atoms with Gasteiger partial charge in [-0.2, -0.15) is 0 Å². The number of carbonyl (C=O) groups is 2. The van der Waals surface area contributed by atoms with Crippen molar-refractivity contribution in [3.8, 4) is 0 Å². The fraction of sp³-hybridized carbons (Fsp3) is 0.833. The second-order valence-corrected chi connectivity index (χ2v) is 4.17. The Balaban J connectivity index is -0.000000238. The number of carbonyl (C=O) groups excluding carboxylic acids is 1. The highest BCUT2D eigenvalue weighted by atomic mass is 79.9. The number of esters is 1. The van der Waals surface area contributed by atoms with E-state index in [1.807, 2.05) is 6.92 Å². The van der Waals surface area contributed by atoms with Gasteiger partial charge in [0.1, 0.15) is 5.38 Å². The second kappa shape index (κ2) is 16.7. The van der Waals surface area contributed by atoms with Gasteiger partial charge in [-0.05, 0) is 12.8 Å². The summed E-state index contributed by atoms with van der Waals surface area (Å²) in [5, 5.41) is 7.59. The molecule has 0 aromatic heterocycles. The van der Waals surface area contributed by atoms with E-state index in [-0.39, 0.29) is 23.0 Å². The molecule has 0 aliphatic heterocycles. The first-order valence-electron chi connectivity index (χ1n) is 5.95. The van der Waals surface area contributed by atoms with Crippen LogP contribution in [0.25, 0.3) is 0 Å². The summed E-state index contributed by atoms with van der Waals surface area (Å²) in [7, 11) is 0. The fourth-order valence-electron chi connectivity index (χ4n) is 0.867. The summed E-state index contributed by atoms with van der Waals surface area (Å²) in [5.74, 6) is -1.09. The third-order valence-corrected chi connectivity index (χ3v) is 2.29. The normalized spacial score (nSPS) is 10.4. The summed E-state index contributed by atoms with van der Waals surface area (Å²) in [6.07, 6.45) is 4.51. The Kier molecular flexibility index (Phi) is 21.2. The van der Waals surface area contributed by atoms with Crippen molar-refractivity contribution >= 4 is 40.5 Å². The Bertz CT molecular complexity index is 212. The number of ether oxygens (including phenoxy) is 1. The third kappa shape index (κ3) is 21.0. The van der Waals surface area contributed by atoms with Crippen LogP contribution in [0, 0.1) is 0 Å². The van der Waals surface area contributed by atoms with Gasteiger partial charge < -0.3 is 9.84 Å². The summed E-state index contributed by atoms with van der Waals surface area (Å²) < 4.78 is 4.64. The zero-order chi connectivity index (χ0) is 13.7. The van der Waals surface area contributed by atoms with E-state index in [1.165, 1.54) is 6.92 Å². The van der Waals surface area contributed by atoms with Gasteiger partial charge in [0, 0.05) is 6.92 Å². The highest BCUT2D eigenvalue weighted by Crippen LogP contribution is 2.06. The summed E-state index contributed by atoms with van der Waals surface area (Å²) in [6, 6.07) is 0.